The summed E-state index contributed by atoms with van der Waals surface area (Å²) in [4.78, 5) is 0. The Morgan fingerprint density at radius 1 is 1.67 bits per heavy atom. The lowest BCUT2D eigenvalue weighted by Gasteiger charge is -2.07. The molecular formula is C10H8ClIN2O. The fourth-order valence-electron chi connectivity index (χ4n) is 1.58. The molecule has 2 rings (SSSR count). The largest absolute Gasteiger partial charge is 0.392 e. The summed E-state index contributed by atoms with van der Waals surface area (Å²) < 4.78 is 1.70. The van der Waals surface area contributed by atoms with Gasteiger partial charge in [0, 0.05) is 5.39 Å². The molecule has 0 aliphatic rings. The fourth-order valence-corrected chi connectivity index (χ4v) is 2.40. The van der Waals surface area contributed by atoms with E-state index in [1.54, 1.807) is 15.2 Å². The second-order valence-electron chi connectivity index (χ2n) is 3.05. The van der Waals surface area contributed by atoms with E-state index in [4.69, 9.17) is 11.6 Å². The van der Waals surface area contributed by atoms with Crippen LogP contribution in [0.15, 0.2) is 18.8 Å². The molecule has 0 fully saturated rings. The molecule has 1 heterocycles. The van der Waals surface area contributed by atoms with Gasteiger partial charge in [-0.05, 0) is 17.2 Å². The van der Waals surface area contributed by atoms with Gasteiger partial charge in [-0.3, -0.25) is 0 Å². The maximum absolute atomic E-state index is 9.34. The Labute approximate surface area is 106 Å². The van der Waals surface area contributed by atoms with Crippen LogP contribution >= 0.6 is 34.5 Å². The molecule has 0 radical (unpaired) electrons. The molecule has 0 unspecified atom stereocenters. The van der Waals surface area contributed by atoms with Crippen LogP contribution in [0.3, 0.4) is 0 Å². The van der Waals surface area contributed by atoms with Gasteiger partial charge in [-0.25, -0.2) is 2.90 Å². The molecule has 1 N–H and O–H groups in total. The number of fused-ring (bicyclic) bond motifs is 1. The highest BCUT2D eigenvalue weighted by atomic mass is 127. The standard InChI is InChI=1S/C10H8ClIN2O/c1-2-6-8(5-15)7-4-13-14(12)10(7)3-9(6)11/h2-4,15H,1,5H2. The van der Waals surface area contributed by atoms with Crippen molar-refractivity contribution >= 4 is 51.4 Å². The number of aliphatic hydroxyl groups is 1. The lowest BCUT2D eigenvalue weighted by molar-refractivity contribution is 0.283. The summed E-state index contributed by atoms with van der Waals surface area (Å²) in [5, 5.41) is 14.9. The molecule has 0 aliphatic heterocycles. The minimum Gasteiger partial charge on any atom is -0.392 e. The monoisotopic (exact) mass is 334 g/mol. The highest BCUT2D eigenvalue weighted by Gasteiger charge is 2.12. The third kappa shape index (κ3) is 1.66. The maximum atomic E-state index is 9.34. The number of aromatic nitrogens is 2. The summed E-state index contributed by atoms with van der Waals surface area (Å²) in [5.41, 5.74) is 2.45. The average molecular weight is 335 g/mol. The van der Waals surface area contributed by atoms with Gasteiger partial charge in [0.2, 0.25) is 0 Å². The van der Waals surface area contributed by atoms with Gasteiger partial charge >= 0.3 is 0 Å². The number of rotatable bonds is 2. The lowest BCUT2D eigenvalue weighted by Crippen LogP contribution is -1.91. The molecule has 3 nitrogen and oxygen atoms in total. The summed E-state index contributed by atoms with van der Waals surface area (Å²) in [6.07, 6.45) is 3.37. The molecule has 2 aromatic rings. The van der Waals surface area contributed by atoms with Crippen LogP contribution in [0.5, 0.6) is 0 Å². The Kier molecular flexibility index (Phi) is 2.99. The van der Waals surface area contributed by atoms with Crippen LogP contribution in [0.4, 0.5) is 0 Å². The van der Waals surface area contributed by atoms with Crippen molar-refractivity contribution in [2.45, 2.75) is 6.61 Å². The van der Waals surface area contributed by atoms with E-state index in [1.807, 2.05) is 6.07 Å². The lowest BCUT2D eigenvalue weighted by atomic mass is 10.0. The summed E-state index contributed by atoms with van der Waals surface area (Å²) in [7, 11) is 0. The Balaban J connectivity index is 2.92. The number of benzene rings is 1. The second-order valence-corrected chi connectivity index (χ2v) is 4.37. The molecule has 0 amide bonds. The van der Waals surface area contributed by atoms with Crippen molar-refractivity contribution < 1.29 is 5.11 Å². The molecule has 0 saturated carbocycles. The van der Waals surface area contributed by atoms with Crippen LogP contribution in [0.2, 0.25) is 5.02 Å². The Morgan fingerprint density at radius 3 is 3.00 bits per heavy atom. The van der Waals surface area contributed by atoms with E-state index < -0.39 is 0 Å². The molecule has 78 valence electrons. The fraction of sp³-hybridized carbons (Fsp3) is 0.100. The van der Waals surface area contributed by atoms with Gasteiger partial charge in [0.15, 0.2) is 0 Å². The van der Waals surface area contributed by atoms with Gasteiger partial charge in [-0.2, -0.15) is 5.10 Å². The van der Waals surface area contributed by atoms with Crippen LogP contribution in [-0.2, 0) is 6.61 Å². The topological polar surface area (TPSA) is 38.0 Å². The highest BCUT2D eigenvalue weighted by molar-refractivity contribution is 14.1. The molecule has 15 heavy (non-hydrogen) atoms. The zero-order valence-corrected chi connectivity index (χ0v) is 10.7. The van der Waals surface area contributed by atoms with Crippen LogP contribution in [0.1, 0.15) is 11.1 Å². The molecule has 1 aromatic carbocycles. The first kappa shape index (κ1) is 10.9. The van der Waals surface area contributed by atoms with E-state index in [2.05, 4.69) is 34.5 Å². The molecule has 1 aromatic heterocycles. The van der Waals surface area contributed by atoms with E-state index in [0.717, 1.165) is 22.0 Å². The van der Waals surface area contributed by atoms with E-state index >= 15 is 0 Å². The van der Waals surface area contributed by atoms with E-state index in [-0.39, 0.29) is 6.61 Å². The quantitative estimate of drug-likeness (QED) is 0.857. The minimum atomic E-state index is -0.0687. The highest BCUT2D eigenvalue weighted by Crippen LogP contribution is 2.30. The van der Waals surface area contributed by atoms with Gasteiger partial charge in [0.25, 0.3) is 0 Å². The van der Waals surface area contributed by atoms with Gasteiger partial charge in [-0.1, -0.05) is 24.3 Å². The molecule has 0 aliphatic carbocycles. The van der Waals surface area contributed by atoms with E-state index in [0.29, 0.717) is 5.02 Å². The van der Waals surface area contributed by atoms with Crippen LogP contribution in [0, 0.1) is 0 Å². The predicted octanol–water partition coefficient (Wildman–Crippen LogP) is 3.02. The van der Waals surface area contributed by atoms with Crippen molar-refractivity contribution in [1.29, 1.82) is 0 Å². The normalized spacial score (nSPS) is 10.9. The van der Waals surface area contributed by atoms with Crippen LogP contribution in [0.25, 0.3) is 17.0 Å². The van der Waals surface area contributed by atoms with Crippen molar-refractivity contribution in [2.24, 2.45) is 0 Å². The second kappa shape index (κ2) is 4.11. The SMILES string of the molecule is C=Cc1c(Cl)cc2c(cnn2I)c1CO. The molecule has 0 spiro atoms. The number of halogens is 2. The molecular weight excluding hydrogens is 326 g/mol. The van der Waals surface area contributed by atoms with Crippen molar-refractivity contribution in [3.8, 4) is 0 Å². The molecule has 5 heteroatoms. The summed E-state index contributed by atoms with van der Waals surface area (Å²) in [6.45, 7) is 3.62. The first-order chi connectivity index (χ1) is 7.19. The third-order valence-corrected chi connectivity index (χ3v) is 3.38. The number of hydrogen-bond donors (Lipinski definition) is 1. The van der Waals surface area contributed by atoms with Gasteiger partial charge < -0.3 is 5.11 Å². The van der Waals surface area contributed by atoms with E-state index in [9.17, 15) is 5.11 Å². The minimum absolute atomic E-state index is 0.0687. The molecule has 0 atom stereocenters. The third-order valence-electron chi connectivity index (χ3n) is 2.30. The number of hydrogen-bond acceptors (Lipinski definition) is 2. The van der Waals surface area contributed by atoms with Crippen molar-refractivity contribution in [1.82, 2.24) is 7.99 Å². The molecule has 0 bridgehead atoms. The Hall–Kier alpha value is -0.590. The maximum Gasteiger partial charge on any atom is 0.0851 e. The number of nitrogens with zero attached hydrogens (tertiary/aromatic N) is 2. The van der Waals surface area contributed by atoms with Crippen molar-refractivity contribution in [3.05, 3.63) is 35.0 Å². The predicted molar refractivity (Wildman–Crippen MR) is 70.2 cm³/mol. The first-order valence-electron chi connectivity index (χ1n) is 4.27. The van der Waals surface area contributed by atoms with Crippen molar-refractivity contribution in [2.75, 3.05) is 0 Å². The summed E-state index contributed by atoms with van der Waals surface area (Å²) in [6, 6.07) is 1.83. The first-order valence-corrected chi connectivity index (χ1v) is 5.62. The van der Waals surface area contributed by atoms with Gasteiger partial charge in [-0.15, -0.1) is 0 Å². The summed E-state index contributed by atoms with van der Waals surface area (Å²) >= 11 is 8.16. The average Bonchev–Trinajstić information content (AvgIpc) is 2.58. The van der Waals surface area contributed by atoms with Crippen molar-refractivity contribution in [3.63, 3.8) is 0 Å². The Morgan fingerprint density at radius 2 is 2.40 bits per heavy atom. The van der Waals surface area contributed by atoms with Gasteiger partial charge in [0.1, 0.15) is 0 Å². The smallest absolute Gasteiger partial charge is 0.0851 e. The van der Waals surface area contributed by atoms with E-state index in [1.165, 1.54) is 0 Å². The zero-order valence-electron chi connectivity index (χ0n) is 7.74. The number of aliphatic hydroxyl groups excluding tert-OH is 1. The zero-order chi connectivity index (χ0) is 11.0. The van der Waals surface area contributed by atoms with Crippen LogP contribution in [-0.4, -0.2) is 13.1 Å². The summed E-state index contributed by atoms with van der Waals surface area (Å²) in [5.74, 6) is 0. The van der Waals surface area contributed by atoms with Crippen LogP contribution < -0.4 is 0 Å². The Bertz CT molecular complexity index is 536. The molecule has 0 saturated heterocycles. The van der Waals surface area contributed by atoms with Gasteiger partial charge in [0.05, 0.1) is 46.2 Å².